The topological polar surface area (TPSA) is 134 Å². The van der Waals surface area contributed by atoms with E-state index in [1.807, 2.05) is 0 Å². The van der Waals surface area contributed by atoms with E-state index in [1.54, 1.807) is 15.0 Å². The average Bonchev–Trinajstić information content (AvgIpc) is 1.59. The van der Waals surface area contributed by atoms with Crippen molar-refractivity contribution < 1.29 is 17.1 Å². The SMILES string of the molecule is N.O=c1[nH]c(=O)[nH]c(=O)[nH]1.[Cu]. The number of hydrogen-bond acceptors (Lipinski definition) is 4. The van der Waals surface area contributed by atoms with Gasteiger partial charge in [-0.2, -0.15) is 0 Å². The zero-order valence-electron chi connectivity index (χ0n) is 5.23. The molecule has 1 rings (SSSR count). The smallest absolute Gasteiger partial charge is 0.330 e. The molecule has 0 saturated carbocycles. The molecule has 7 nitrogen and oxygen atoms in total. The first kappa shape index (κ1) is 12.6. The van der Waals surface area contributed by atoms with Gasteiger partial charge in [-0.15, -0.1) is 0 Å². The Bertz CT molecular complexity index is 283. The second-order valence-electron chi connectivity index (χ2n) is 1.36. The van der Waals surface area contributed by atoms with E-state index in [2.05, 4.69) is 0 Å². The van der Waals surface area contributed by atoms with Crippen LogP contribution in [0.3, 0.4) is 0 Å². The van der Waals surface area contributed by atoms with Crippen LogP contribution >= 0.6 is 0 Å². The standard InChI is InChI=1S/C3H3N3O3.Cu.H3N/c7-1-4-2(8)6-3(9)5-1;;/h(H3,4,5,6,7,8,9);;1H3. The maximum atomic E-state index is 10.2. The van der Waals surface area contributed by atoms with Gasteiger partial charge < -0.3 is 6.15 Å². The fourth-order valence-corrected chi connectivity index (χ4v) is 0.403. The molecule has 0 aliphatic rings. The van der Waals surface area contributed by atoms with Crippen LogP contribution in [0, 0.1) is 0 Å². The molecular formula is C3H6CuN4O3. The van der Waals surface area contributed by atoms with Crippen LogP contribution in [0.15, 0.2) is 14.4 Å². The van der Waals surface area contributed by atoms with E-state index in [4.69, 9.17) is 0 Å². The van der Waals surface area contributed by atoms with Crippen LogP contribution in [-0.4, -0.2) is 15.0 Å². The first-order valence-corrected chi connectivity index (χ1v) is 2.11. The van der Waals surface area contributed by atoms with Crippen molar-refractivity contribution >= 4 is 0 Å². The largest absolute Gasteiger partial charge is 0.344 e. The van der Waals surface area contributed by atoms with Crippen molar-refractivity contribution in [1.29, 1.82) is 0 Å². The Morgan fingerprint density at radius 2 is 0.909 bits per heavy atom. The van der Waals surface area contributed by atoms with Crippen molar-refractivity contribution in [3.63, 3.8) is 0 Å². The summed E-state index contributed by atoms with van der Waals surface area (Å²) in [6.07, 6.45) is 0. The summed E-state index contributed by atoms with van der Waals surface area (Å²) >= 11 is 0. The minimum absolute atomic E-state index is 0. The molecule has 0 bridgehead atoms. The summed E-state index contributed by atoms with van der Waals surface area (Å²) in [4.78, 5) is 35.9. The first-order valence-electron chi connectivity index (χ1n) is 2.11. The third-order valence-electron chi connectivity index (χ3n) is 0.681. The summed E-state index contributed by atoms with van der Waals surface area (Å²) in [5, 5.41) is 0. The van der Waals surface area contributed by atoms with Crippen LogP contribution in [0.2, 0.25) is 0 Å². The molecule has 0 fully saturated rings. The molecule has 0 spiro atoms. The molecule has 11 heavy (non-hydrogen) atoms. The Morgan fingerprint density at radius 3 is 1.09 bits per heavy atom. The van der Waals surface area contributed by atoms with E-state index in [0.29, 0.717) is 0 Å². The van der Waals surface area contributed by atoms with Gasteiger partial charge in [0.05, 0.1) is 0 Å². The van der Waals surface area contributed by atoms with Crippen LogP contribution in [0.1, 0.15) is 0 Å². The predicted molar refractivity (Wildman–Crippen MR) is 33.3 cm³/mol. The van der Waals surface area contributed by atoms with Gasteiger partial charge in [-0.1, -0.05) is 0 Å². The predicted octanol–water partition coefficient (Wildman–Crippen LogP) is -2.09. The van der Waals surface area contributed by atoms with Crippen LogP contribution in [-0.2, 0) is 17.1 Å². The molecule has 0 aliphatic heterocycles. The van der Waals surface area contributed by atoms with Crippen molar-refractivity contribution in [1.82, 2.24) is 21.1 Å². The van der Waals surface area contributed by atoms with Crippen molar-refractivity contribution in [3.8, 4) is 0 Å². The van der Waals surface area contributed by atoms with E-state index < -0.39 is 17.1 Å². The molecule has 0 aromatic carbocycles. The summed E-state index contributed by atoms with van der Waals surface area (Å²) < 4.78 is 0. The fraction of sp³-hybridized carbons (Fsp3) is 0. The maximum absolute atomic E-state index is 10.2. The van der Waals surface area contributed by atoms with Gasteiger partial charge in [0.1, 0.15) is 0 Å². The van der Waals surface area contributed by atoms with E-state index in [9.17, 15) is 14.4 Å². The number of aromatic nitrogens is 3. The average molecular weight is 210 g/mol. The Kier molecular flexibility index (Phi) is 5.33. The minimum atomic E-state index is -0.802. The number of rotatable bonds is 0. The zero-order chi connectivity index (χ0) is 6.85. The molecule has 0 saturated heterocycles. The molecule has 67 valence electrons. The van der Waals surface area contributed by atoms with Crippen LogP contribution in [0.25, 0.3) is 0 Å². The molecule has 0 atom stereocenters. The normalized spacial score (nSPS) is 7.64. The molecular weight excluding hydrogens is 204 g/mol. The van der Waals surface area contributed by atoms with Gasteiger partial charge >= 0.3 is 17.1 Å². The zero-order valence-corrected chi connectivity index (χ0v) is 6.18. The number of hydrogen-bond donors (Lipinski definition) is 4. The Hall–Kier alpha value is -1.11. The molecule has 0 unspecified atom stereocenters. The Balaban J connectivity index is 0. The fourth-order valence-electron chi connectivity index (χ4n) is 0.403. The van der Waals surface area contributed by atoms with E-state index in [0.717, 1.165) is 0 Å². The third kappa shape index (κ3) is 3.56. The summed E-state index contributed by atoms with van der Waals surface area (Å²) in [5.74, 6) is 0. The number of H-pyrrole nitrogens is 3. The van der Waals surface area contributed by atoms with Crippen molar-refractivity contribution in [2.45, 2.75) is 0 Å². The molecule has 0 amide bonds. The molecule has 8 heteroatoms. The molecule has 6 N–H and O–H groups in total. The van der Waals surface area contributed by atoms with Gasteiger partial charge in [-0.05, 0) is 0 Å². The van der Waals surface area contributed by atoms with Gasteiger partial charge in [0.25, 0.3) is 0 Å². The molecule has 1 aromatic heterocycles. The third-order valence-corrected chi connectivity index (χ3v) is 0.681. The van der Waals surface area contributed by atoms with Gasteiger partial charge in [-0.25, -0.2) is 14.4 Å². The van der Waals surface area contributed by atoms with Crippen molar-refractivity contribution in [2.75, 3.05) is 0 Å². The Labute approximate surface area is 70.3 Å². The molecule has 1 radical (unpaired) electrons. The van der Waals surface area contributed by atoms with Gasteiger partial charge in [0, 0.05) is 17.1 Å². The van der Waals surface area contributed by atoms with Gasteiger partial charge in [-0.3, -0.25) is 15.0 Å². The second kappa shape index (κ2) is 4.67. The molecule has 1 heterocycles. The van der Waals surface area contributed by atoms with Crippen LogP contribution in [0.5, 0.6) is 0 Å². The summed E-state index contributed by atoms with van der Waals surface area (Å²) in [6, 6.07) is 0. The Morgan fingerprint density at radius 1 is 0.727 bits per heavy atom. The van der Waals surface area contributed by atoms with Crippen LogP contribution in [0.4, 0.5) is 0 Å². The number of aromatic amines is 3. The summed E-state index contributed by atoms with van der Waals surface area (Å²) in [5.41, 5.74) is -2.41. The van der Waals surface area contributed by atoms with Gasteiger partial charge in [0.15, 0.2) is 0 Å². The monoisotopic (exact) mass is 209 g/mol. The van der Waals surface area contributed by atoms with Gasteiger partial charge in [0.2, 0.25) is 0 Å². The van der Waals surface area contributed by atoms with E-state index in [1.165, 1.54) is 0 Å². The number of nitrogens with one attached hydrogen (secondary N) is 3. The minimum Gasteiger partial charge on any atom is -0.344 e. The van der Waals surface area contributed by atoms with E-state index >= 15 is 0 Å². The quantitative estimate of drug-likeness (QED) is 0.365. The maximum Gasteiger partial charge on any atom is 0.330 e. The summed E-state index contributed by atoms with van der Waals surface area (Å²) in [6.45, 7) is 0. The van der Waals surface area contributed by atoms with Crippen LogP contribution < -0.4 is 23.2 Å². The summed E-state index contributed by atoms with van der Waals surface area (Å²) in [7, 11) is 0. The van der Waals surface area contributed by atoms with Crippen molar-refractivity contribution in [2.24, 2.45) is 0 Å². The van der Waals surface area contributed by atoms with E-state index in [-0.39, 0.29) is 23.2 Å². The second-order valence-corrected chi connectivity index (χ2v) is 1.36. The molecule has 1 aromatic rings. The first-order chi connectivity index (χ1) is 4.18. The van der Waals surface area contributed by atoms with Crippen molar-refractivity contribution in [3.05, 3.63) is 31.5 Å². The molecule has 0 aliphatic carbocycles.